The van der Waals surface area contributed by atoms with Crippen LogP contribution in [0.2, 0.25) is 5.02 Å². The molecule has 0 aliphatic carbocycles. The van der Waals surface area contributed by atoms with E-state index in [9.17, 15) is 4.79 Å². The van der Waals surface area contributed by atoms with Gasteiger partial charge in [-0.2, -0.15) is 0 Å². The first-order valence-electron chi connectivity index (χ1n) is 9.14. The van der Waals surface area contributed by atoms with Crippen LogP contribution in [0.3, 0.4) is 0 Å². The number of rotatable bonds is 7. The van der Waals surface area contributed by atoms with Gasteiger partial charge in [0.2, 0.25) is 0 Å². The third-order valence-corrected chi connectivity index (χ3v) is 4.78. The van der Waals surface area contributed by atoms with Crippen LogP contribution in [0.5, 0.6) is 11.5 Å². The molecule has 2 aromatic carbocycles. The van der Waals surface area contributed by atoms with Gasteiger partial charge in [0.05, 0.1) is 13.2 Å². The third-order valence-electron chi connectivity index (χ3n) is 4.54. The second-order valence-corrected chi connectivity index (χ2v) is 7.49. The Morgan fingerprint density at radius 1 is 1.07 bits per heavy atom. The van der Waals surface area contributed by atoms with E-state index in [4.69, 9.17) is 21.1 Å². The van der Waals surface area contributed by atoms with Gasteiger partial charge in [0.1, 0.15) is 11.5 Å². The van der Waals surface area contributed by atoms with Gasteiger partial charge in [0.15, 0.2) is 6.10 Å². The summed E-state index contributed by atoms with van der Waals surface area (Å²) in [6.45, 7) is 9.98. The minimum absolute atomic E-state index is 0.147. The van der Waals surface area contributed by atoms with Gasteiger partial charge in [-0.3, -0.25) is 4.79 Å². The summed E-state index contributed by atoms with van der Waals surface area (Å²) >= 11 is 5.96. The summed E-state index contributed by atoms with van der Waals surface area (Å²) in [4.78, 5) is 12.6. The van der Waals surface area contributed by atoms with Crippen molar-refractivity contribution in [1.82, 2.24) is 5.32 Å². The average Bonchev–Trinajstić information content (AvgIpc) is 2.60. The van der Waals surface area contributed by atoms with Crippen molar-refractivity contribution in [3.8, 4) is 11.5 Å². The van der Waals surface area contributed by atoms with Crippen LogP contribution in [-0.2, 0) is 4.79 Å². The van der Waals surface area contributed by atoms with E-state index in [0.717, 1.165) is 22.4 Å². The fraction of sp³-hybridized carbons (Fsp3) is 0.409. The summed E-state index contributed by atoms with van der Waals surface area (Å²) in [6.07, 6.45) is -0.631. The molecular formula is C22H28ClNO3. The number of hydrogen-bond acceptors (Lipinski definition) is 3. The lowest BCUT2D eigenvalue weighted by Gasteiger charge is -2.22. The maximum absolute atomic E-state index is 12.6. The Morgan fingerprint density at radius 2 is 1.78 bits per heavy atom. The van der Waals surface area contributed by atoms with Gasteiger partial charge >= 0.3 is 0 Å². The Labute approximate surface area is 166 Å². The first-order valence-corrected chi connectivity index (χ1v) is 9.51. The molecular weight excluding hydrogens is 362 g/mol. The molecule has 4 nitrogen and oxygen atoms in total. The SMILES string of the molecule is COc1cc(C)c([C@@H](C)NC(=O)[C@@H](C)Oc2cccc(Cl)c2)cc1C(C)C. The fourth-order valence-corrected chi connectivity index (χ4v) is 3.20. The molecule has 0 aliphatic rings. The highest BCUT2D eigenvalue weighted by molar-refractivity contribution is 6.30. The quantitative estimate of drug-likeness (QED) is 0.687. The maximum Gasteiger partial charge on any atom is 0.261 e. The Kier molecular flexibility index (Phi) is 7.14. The summed E-state index contributed by atoms with van der Waals surface area (Å²) < 4.78 is 11.2. The Bertz CT molecular complexity index is 804. The second kappa shape index (κ2) is 9.14. The number of nitrogens with one attached hydrogen (secondary N) is 1. The zero-order valence-electron chi connectivity index (χ0n) is 16.8. The summed E-state index contributed by atoms with van der Waals surface area (Å²) in [5, 5.41) is 3.61. The Balaban J connectivity index is 2.12. The lowest BCUT2D eigenvalue weighted by Crippen LogP contribution is -2.38. The number of hydrogen-bond donors (Lipinski definition) is 1. The van der Waals surface area contributed by atoms with Crippen LogP contribution < -0.4 is 14.8 Å². The van der Waals surface area contributed by atoms with E-state index in [1.54, 1.807) is 38.3 Å². The van der Waals surface area contributed by atoms with Crippen molar-refractivity contribution < 1.29 is 14.3 Å². The average molecular weight is 390 g/mol. The number of aryl methyl sites for hydroxylation is 1. The standard InChI is InChI=1S/C22H28ClNO3/c1-13(2)19-12-20(14(3)10-21(19)26-6)15(4)24-22(25)16(5)27-18-9-7-8-17(23)11-18/h7-13,15-16H,1-6H3,(H,24,25)/t15-,16-/m1/s1. The van der Waals surface area contributed by atoms with Crippen LogP contribution in [0, 0.1) is 6.92 Å². The number of carbonyl (C=O) groups excluding carboxylic acids is 1. The number of carbonyl (C=O) groups is 1. The molecule has 2 atom stereocenters. The lowest BCUT2D eigenvalue weighted by atomic mass is 9.93. The first kappa shape index (κ1) is 21.1. The van der Waals surface area contributed by atoms with Crippen LogP contribution >= 0.6 is 11.6 Å². The van der Waals surface area contributed by atoms with Gasteiger partial charge in [0.25, 0.3) is 5.91 Å². The molecule has 1 N–H and O–H groups in total. The Morgan fingerprint density at radius 3 is 2.37 bits per heavy atom. The van der Waals surface area contributed by atoms with E-state index in [1.165, 1.54) is 0 Å². The number of halogens is 1. The second-order valence-electron chi connectivity index (χ2n) is 7.05. The third kappa shape index (κ3) is 5.39. The van der Waals surface area contributed by atoms with Crippen LogP contribution in [0.4, 0.5) is 0 Å². The molecule has 2 rings (SSSR count). The van der Waals surface area contributed by atoms with E-state index >= 15 is 0 Å². The van der Waals surface area contributed by atoms with E-state index in [0.29, 0.717) is 16.7 Å². The molecule has 0 heterocycles. The molecule has 0 fully saturated rings. The largest absolute Gasteiger partial charge is 0.496 e. The van der Waals surface area contributed by atoms with Crippen molar-refractivity contribution in [2.75, 3.05) is 7.11 Å². The van der Waals surface area contributed by atoms with Crippen molar-refractivity contribution in [1.29, 1.82) is 0 Å². The lowest BCUT2D eigenvalue weighted by molar-refractivity contribution is -0.127. The highest BCUT2D eigenvalue weighted by atomic mass is 35.5. The van der Waals surface area contributed by atoms with E-state index < -0.39 is 6.10 Å². The van der Waals surface area contributed by atoms with Gasteiger partial charge in [-0.05, 0) is 73.7 Å². The van der Waals surface area contributed by atoms with Crippen LogP contribution in [0.25, 0.3) is 0 Å². The molecule has 27 heavy (non-hydrogen) atoms. The first-order chi connectivity index (χ1) is 12.7. The van der Waals surface area contributed by atoms with E-state index in [1.807, 2.05) is 19.9 Å². The van der Waals surface area contributed by atoms with E-state index in [2.05, 4.69) is 25.2 Å². The number of methoxy groups -OCH3 is 1. The van der Waals surface area contributed by atoms with Gasteiger partial charge in [-0.15, -0.1) is 0 Å². The predicted octanol–water partition coefficient (Wildman–Crippen LogP) is 5.43. The minimum Gasteiger partial charge on any atom is -0.496 e. The zero-order valence-corrected chi connectivity index (χ0v) is 17.6. The van der Waals surface area contributed by atoms with Crippen LogP contribution in [0.15, 0.2) is 36.4 Å². The molecule has 0 unspecified atom stereocenters. The summed E-state index contributed by atoms with van der Waals surface area (Å²) in [5.41, 5.74) is 3.28. The van der Waals surface area contributed by atoms with Crippen molar-refractivity contribution in [2.24, 2.45) is 0 Å². The van der Waals surface area contributed by atoms with E-state index in [-0.39, 0.29) is 11.9 Å². The molecule has 0 aromatic heterocycles. The number of ether oxygens (including phenoxy) is 2. The fourth-order valence-electron chi connectivity index (χ4n) is 3.02. The zero-order chi connectivity index (χ0) is 20.1. The predicted molar refractivity (Wildman–Crippen MR) is 110 cm³/mol. The summed E-state index contributed by atoms with van der Waals surface area (Å²) in [5.74, 6) is 1.60. The smallest absolute Gasteiger partial charge is 0.261 e. The van der Waals surface area contributed by atoms with Crippen molar-refractivity contribution in [2.45, 2.75) is 52.7 Å². The summed E-state index contributed by atoms with van der Waals surface area (Å²) in [7, 11) is 1.68. The van der Waals surface area contributed by atoms with Gasteiger partial charge in [0, 0.05) is 5.02 Å². The minimum atomic E-state index is -0.631. The molecule has 0 radical (unpaired) electrons. The molecule has 0 spiro atoms. The molecule has 1 amide bonds. The maximum atomic E-state index is 12.6. The highest BCUT2D eigenvalue weighted by Crippen LogP contribution is 2.32. The van der Waals surface area contributed by atoms with Crippen molar-refractivity contribution in [3.05, 3.63) is 58.1 Å². The Hall–Kier alpha value is -2.20. The van der Waals surface area contributed by atoms with Gasteiger partial charge in [-0.1, -0.05) is 31.5 Å². The normalized spacial score (nSPS) is 13.2. The monoisotopic (exact) mass is 389 g/mol. The highest BCUT2D eigenvalue weighted by Gasteiger charge is 2.20. The molecule has 0 saturated heterocycles. The van der Waals surface area contributed by atoms with Gasteiger partial charge in [-0.25, -0.2) is 0 Å². The molecule has 0 bridgehead atoms. The van der Waals surface area contributed by atoms with Crippen LogP contribution in [-0.4, -0.2) is 19.1 Å². The molecule has 146 valence electrons. The molecule has 0 aliphatic heterocycles. The number of amides is 1. The van der Waals surface area contributed by atoms with Crippen LogP contribution in [0.1, 0.15) is 56.3 Å². The van der Waals surface area contributed by atoms with Crippen molar-refractivity contribution >= 4 is 17.5 Å². The summed E-state index contributed by atoms with van der Waals surface area (Å²) in [6, 6.07) is 11.0. The topological polar surface area (TPSA) is 47.6 Å². The van der Waals surface area contributed by atoms with Crippen molar-refractivity contribution in [3.63, 3.8) is 0 Å². The molecule has 5 heteroatoms. The number of benzene rings is 2. The van der Waals surface area contributed by atoms with Gasteiger partial charge < -0.3 is 14.8 Å². The molecule has 2 aromatic rings. The molecule has 0 saturated carbocycles.